The fourth-order valence-corrected chi connectivity index (χ4v) is 3.87. The summed E-state index contributed by atoms with van der Waals surface area (Å²) in [5.41, 5.74) is 6.06. The van der Waals surface area contributed by atoms with Crippen molar-refractivity contribution in [3.8, 4) is 0 Å². The zero-order valence-electron chi connectivity index (χ0n) is 17.0. The minimum Gasteiger partial charge on any atom is -0.0683 e. The Morgan fingerprint density at radius 3 is 1.00 bits per heavy atom. The van der Waals surface area contributed by atoms with Crippen LogP contribution >= 0.6 is 0 Å². The van der Waals surface area contributed by atoms with Crippen LogP contribution < -0.4 is 0 Å². The predicted molar refractivity (Wildman–Crippen MR) is 121 cm³/mol. The topological polar surface area (TPSA) is 0 Å². The van der Waals surface area contributed by atoms with Gasteiger partial charge in [-0.1, -0.05) is 135 Å². The van der Waals surface area contributed by atoms with Crippen LogP contribution in [0.3, 0.4) is 0 Å². The fourth-order valence-electron chi connectivity index (χ4n) is 3.87. The van der Waals surface area contributed by atoms with E-state index in [9.17, 15) is 0 Å². The van der Waals surface area contributed by atoms with Gasteiger partial charge in [0.1, 0.15) is 0 Å². The molecule has 4 rings (SSSR count). The van der Waals surface area contributed by atoms with Gasteiger partial charge in [-0.3, -0.25) is 0 Å². The van der Waals surface area contributed by atoms with Crippen molar-refractivity contribution >= 4 is 0 Å². The normalized spacial score (nSPS) is 10.7. The lowest BCUT2D eigenvalue weighted by Crippen LogP contribution is -2.30. The molecule has 0 aromatic heterocycles. The first-order valence-corrected chi connectivity index (χ1v) is 10.1. The van der Waals surface area contributed by atoms with E-state index in [2.05, 4.69) is 122 Å². The second-order valence-electron chi connectivity index (χ2n) is 6.71. The summed E-state index contributed by atoms with van der Waals surface area (Å²) in [6.07, 6.45) is 0. The zero-order valence-corrected chi connectivity index (χ0v) is 17.0. The van der Waals surface area contributed by atoms with Gasteiger partial charge in [0.15, 0.2) is 0 Å². The first-order chi connectivity index (χ1) is 13.8. The van der Waals surface area contributed by atoms with Crippen molar-refractivity contribution in [1.29, 1.82) is 0 Å². The van der Waals surface area contributed by atoms with Crippen LogP contribution in [0, 0.1) is 6.92 Å². The molecule has 0 aliphatic rings. The van der Waals surface area contributed by atoms with E-state index in [4.69, 9.17) is 0 Å². The second-order valence-corrected chi connectivity index (χ2v) is 6.71. The summed E-state index contributed by atoms with van der Waals surface area (Å²) in [5.74, 6) is 0. The van der Waals surface area contributed by atoms with Crippen LogP contribution in [0.4, 0.5) is 0 Å². The Morgan fingerprint density at radius 1 is 0.393 bits per heavy atom. The highest BCUT2D eigenvalue weighted by atomic mass is 14.4. The van der Waals surface area contributed by atoms with E-state index in [-0.39, 0.29) is 5.41 Å². The SMILES string of the molecule is CC.Cc1ccc(C(c2ccccc2)(c2ccccc2)c2ccccc2)cc1. The van der Waals surface area contributed by atoms with Gasteiger partial charge >= 0.3 is 0 Å². The molecule has 0 amide bonds. The highest BCUT2D eigenvalue weighted by molar-refractivity contribution is 5.59. The quantitative estimate of drug-likeness (QED) is 0.331. The van der Waals surface area contributed by atoms with Crippen LogP contribution in [0.2, 0.25) is 0 Å². The highest BCUT2D eigenvalue weighted by Crippen LogP contribution is 2.44. The Labute approximate surface area is 169 Å². The Bertz CT molecular complexity index is 856. The Kier molecular flexibility index (Phi) is 6.45. The van der Waals surface area contributed by atoms with Crippen LogP contribution in [-0.2, 0) is 5.41 Å². The molecule has 0 atom stereocenters. The summed E-state index contributed by atoms with van der Waals surface area (Å²) in [7, 11) is 0. The lowest BCUT2D eigenvalue weighted by molar-refractivity contribution is 0.745. The molecule has 0 fully saturated rings. The molecule has 140 valence electrons. The zero-order chi connectivity index (χ0) is 19.8. The highest BCUT2D eigenvalue weighted by Gasteiger charge is 2.37. The maximum absolute atomic E-state index is 2.27. The molecular formula is C28H28. The Morgan fingerprint density at radius 2 is 0.679 bits per heavy atom. The van der Waals surface area contributed by atoms with Gasteiger partial charge < -0.3 is 0 Å². The van der Waals surface area contributed by atoms with Crippen molar-refractivity contribution < 1.29 is 0 Å². The van der Waals surface area contributed by atoms with Gasteiger partial charge in [-0.25, -0.2) is 0 Å². The maximum Gasteiger partial charge on any atom is 0.0701 e. The van der Waals surface area contributed by atoms with Crippen LogP contribution in [0.1, 0.15) is 41.7 Å². The lowest BCUT2D eigenvalue weighted by Gasteiger charge is -2.36. The molecule has 0 aliphatic carbocycles. The van der Waals surface area contributed by atoms with Gasteiger partial charge in [0.25, 0.3) is 0 Å². The third-order valence-electron chi connectivity index (χ3n) is 5.10. The van der Waals surface area contributed by atoms with Crippen LogP contribution in [0.15, 0.2) is 115 Å². The van der Waals surface area contributed by atoms with E-state index >= 15 is 0 Å². The van der Waals surface area contributed by atoms with E-state index < -0.39 is 0 Å². The molecule has 0 spiro atoms. The van der Waals surface area contributed by atoms with Crippen LogP contribution in [0.5, 0.6) is 0 Å². The molecule has 4 aromatic carbocycles. The van der Waals surface area contributed by atoms with E-state index in [1.807, 2.05) is 13.8 Å². The molecule has 0 unspecified atom stereocenters. The lowest BCUT2D eigenvalue weighted by atomic mass is 9.65. The monoisotopic (exact) mass is 364 g/mol. The second kappa shape index (κ2) is 9.19. The molecule has 28 heavy (non-hydrogen) atoms. The maximum atomic E-state index is 2.27. The molecule has 0 saturated carbocycles. The molecule has 0 radical (unpaired) electrons. The average molecular weight is 365 g/mol. The van der Waals surface area contributed by atoms with Crippen molar-refractivity contribution in [1.82, 2.24) is 0 Å². The van der Waals surface area contributed by atoms with Gasteiger partial charge in [-0.15, -0.1) is 0 Å². The smallest absolute Gasteiger partial charge is 0.0683 e. The summed E-state index contributed by atoms with van der Waals surface area (Å²) in [4.78, 5) is 0. The third-order valence-corrected chi connectivity index (χ3v) is 5.10. The average Bonchev–Trinajstić information content (AvgIpc) is 2.79. The number of benzene rings is 4. The molecule has 0 N–H and O–H groups in total. The molecular weight excluding hydrogens is 336 g/mol. The molecule has 0 heteroatoms. The summed E-state index contributed by atoms with van der Waals surface area (Å²) >= 11 is 0. The van der Waals surface area contributed by atoms with E-state index in [1.54, 1.807) is 0 Å². The molecule has 0 bridgehead atoms. The van der Waals surface area contributed by atoms with Gasteiger partial charge in [0, 0.05) is 0 Å². The standard InChI is InChI=1S/C26H22.C2H6/c1-21-17-19-25(20-18-21)26(22-11-5-2-6-12-22,23-13-7-3-8-14-23)24-15-9-4-10-16-24;1-2/h2-20H,1H3;1-2H3. The minimum atomic E-state index is -0.336. The Hall–Kier alpha value is -3.12. The largest absolute Gasteiger partial charge is 0.0701 e. The molecule has 0 heterocycles. The molecule has 4 aromatic rings. The first kappa shape index (κ1) is 19.6. The minimum absolute atomic E-state index is 0.336. The van der Waals surface area contributed by atoms with Gasteiger partial charge in [-0.05, 0) is 29.2 Å². The van der Waals surface area contributed by atoms with Crippen molar-refractivity contribution in [2.75, 3.05) is 0 Å². The van der Waals surface area contributed by atoms with E-state index in [1.165, 1.54) is 27.8 Å². The fraction of sp³-hybridized carbons (Fsp3) is 0.143. The molecule has 0 saturated heterocycles. The van der Waals surface area contributed by atoms with E-state index in [0.29, 0.717) is 0 Å². The van der Waals surface area contributed by atoms with Crippen LogP contribution in [-0.4, -0.2) is 0 Å². The van der Waals surface area contributed by atoms with Crippen molar-refractivity contribution in [2.45, 2.75) is 26.2 Å². The van der Waals surface area contributed by atoms with Crippen molar-refractivity contribution in [3.63, 3.8) is 0 Å². The van der Waals surface area contributed by atoms with Crippen molar-refractivity contribution in [3.05, 3.63) is 143 Å². The third kappa shape index (κ3) is 3.64. The summed E-state index contributed by atoms with van der Waals surface area (Å²) in [6.45, 7) is 6.14. The van der Waals surface area contributed by atoms with E-state index in [0.717, 1.165) is 0 Å². The molecule has 0 nitrogen and oxygen atoms in total. The summed E-state index contributed by atoms with van der Waals surface area (Å²) < 4.78 is 0. The summed E-state index contributed by atoms with van der Waals surface area (Å²) in [6, 6.07) is 41.4. The number of hydrogen-bond donors (Lipinski definition) is 0. The van der Waals surface area contributed by atoms with Crippen molar-refractivity contribution in [2.24, 2.45) is 0 Å². The van der Waals surface area contributed by atoms with Crippen LogP contribution in [0.25, 0.3) is 0 Å². The first-order valence-electron chi connectivity index (χ1n) is 10.1. The Balaban J connectivity index is 0.00000109. The van der Waals surface area contributed by atoms with Gasteiger partial charge in [0.05, 0.1) is 5.41 Å². The summed E-state index contributed by atoms with van der Waals surface area (Å²) in [5, 5.41) is 0. The predicted octanol–water partition coefficient (Wildman–Crippen LogP) is 7.40. The number of aryl methyl sites for hydroxylation is 1. The molecule has 0 aliphatic heterocycles. The van der Waals surface area contributed by atoms with Gasteiger partial charge in [-0.2, -0.15) is 0 Å². The van der Waals surface area contributed by atoms with Gasteiger partial charge in [0.2, 0.25) is 0 Å². The number of rotatable bonds is 4. The number of hydrogen-bond acceptors (Lipinski definition) is 0.